The number of para-hydroxylation sites is 1. The molecule has 36 heavy (non-hydrogen) atoms. The number of rotatable bonds is 7. The third kappa shape index (κ3) is 5.44. The van der Waals surface area contributed by atoms with Crippen LogP contribution in [-0.2, 0) is 0 Å². The van der Waals surface area contributed by atoms with E-state index in [9.17, 15) is 4.79 Å². The molecule has 0 unspecified atom stereocenters. The molecule has 8 nitrogen and oxygen atoms in total. The molecule has 0 spiro atoms. The minimum Gasteiger partial charge on any atom is -0.369 e. The summed E-state index contributed by atoms with van der Waals surface area (Å²) in [6.07, 6.45) is 4.96. The minimum atomic E-state index is -0.211. The lowest BCUT2D eigenvalue weighted by molar-refractivity contribution is 0.102. The summed E-state index contributed by atoms with van der Waals surface area (Å²) in [6.45, 7) is 8.22. The molecular weight excluding hydrogens is 450 g/mol. The van der Waals surface area contributed by atoms with Crippen LogP contribution < -0.4 is 20.9 Å². The van der Waals surface area contributed by atoms with Gasteiger partial charge in [0, 0.05) is 55.5 Å². The maximum atomic E-state index is 13.2. The molecule has 2 fully saturated rings. The van der Waals surface area contributed by atoms with Gasteiger partial charge in [-0.1, -0.05) is 18.2 Å². The van der Waals surface area contributed by atoms with E-state index in [1.165, 1.54) is 12.1 Å². The number of anilines is 5. The van der Waals surface area contributed by atoms with E-state index >= 15 is 0 Å². The summed E-state index contributed by atoms with van der Waals surface area (Å²) in [7, 11) is 2.16. The van der Waals surface area contributed by atoms with Crippen LogP contribution in [0.4, 0.5) is 28.8 Å². The highest BCUT2D eigenvalue weighted by molar-refractivity contribution is 6.08. The van der Waals surface area contributed by atoms with Crippen molar-refractivity contribution in [1.29, 1.82) is 0 Å². The molecule has 2 aromatic carbocycles. The van der Waals surface area contributed by atoms with Crippen molar-refractivity contribution in [3.05, 3.63) is 65.4 Å². The van der Waals surface area contributed by atoms with Gasteiger partial charge in [0.2, 0.25) is 5.95 Å². The molecule has 2 heterocycles. The topological polar surface area (TPSA) is 85.4 Å². The highest BCUT2D eigenvalue weighted by Gasteiger charge is 2.23. The zero-order chi connectivity index (χ0) is 25.1. The molecule has 1 amide bonds. The highest BCUT2D eigenvalue weighted by atomic mass is 16.1. The van der Waals surface area contributed by atoms with Crippen LogP contribution in [0.3, 0.4) is 0 Å². The van der Waals surface area contributed by atoms with E-state index in [2.05, 4.69) is 62.0 Å². The van der Waals surface area contributed by atoms with Crippen molar-refractivity contribution < 1.29 is 4.79 Å². The average Bonchev–Trinajstić information content (AvgIpc) is 2.85. The number of nitrogens with zero attached hydrogens (tertiary/aromatic N) is 4. The fourth-order valence-corrected chi connectivity index (χ4v) is 4.61. The normalized spacial score (nSPS) is 16.4. The number of aryl methyl sites for hydroxylation is 2. The second-order valence-corrected chi connectivity index (χ2v) is 9.91. The molecule has 3 aromatic rings. The van der Waals surface area contributed by atoms with Crippen molar-refractivity contribution in [3.8, 4) is 0 Å². The predicted octanol–water partition coefficient (Wildman–Crippen LogP) is 4.81. The lowest BCUT2D eigenvalue weighted by atomic mass is 9.93. The number of benzene rings is 2. The van der Waals surface area contributed by atoms with Gasteiger partial charge in [-0.3, -0.25) is 4.79 Å². The predicted molar refractivity (Wildman–Crippen MR) is 147 cm³/mol. The van der Waals surface area contributed by atoms with Gasteiger partial charge in [0.1, 0.15) is 11.4 Å². The number of hydrogen-bond acceptors (Lipinski definition) is 7. The number of carbonyl (C=O) groups excluding carboxylic acids is 1. The quantitative estimate of drug-likeness (QED) is 0.443. The third-order valence-electron chi connectivity index (χ3n) is 7.19. The Bertz CT molecular complexity index is 1190. The fraction of sp³-hybridized carbons (Fsp3) is 0.393. The number of amides is 1. The zero-order valence-corrected chi connectivity index (χ0v) is 21.3. The van der Waals surface area contributed by atoms with E-state index < -0.39 is 0 Å². The summed E-state index contributed by atoms with van der Waals surface area (Å²) < 4.78 is 0. The van der Waals surface area contributed by atoms with Gasteiger partial charge in [-0.15, -0.1) is 0 Å². The molecule has 0 bridgehead atoms. The van der Waals surface area contributed by atoms with Crippen molar-refractivity contribution >= 4 is 34.7 Å². The van der Waals surface area contributed by atoms with Crippen molar-refractivity contribution in [1.82, 2.24) is 14.9 Å². The number of aromatic nitrogens is 2. The van der Waals surface area contributed by atoms with Crippen LogP contribution in [0.15, 0.2) is 48.7 Å². The minimum absolute atomic E-state index is 0.211. The molecule has 5 rings (SSSR count). The van der Waals surface area contributed by atoms with Crippen molar-refractivity contribution in [2.24, 2.45) is 0 Å². The van der Waals surface area contributed by atoms with Crippen LogP contribution in [0.25, 0.3) is 0 Å². The molecule has 1 aliphatic heterocycles. The van der Waals surface area contributed by atoms with Crippen LogP contribution in [-0.4, -0.2) is 60.0 Å². The monoisotopic (exact) mass is 485 g/mol. The Morgan fingerprint density at radius 3 is 2.31 bits per heavy atom. The molecule has 0 radical (unpaired) electrons. The summed E-state index contributed by atoms with van der Waals surface area (Å²) in [5, 5.41) is 9.83. The second kappa shape index (κ2) is 10.5. The Morgan fingerprint density at radius 1 is 0.972 bits per heavy atom. The van der Waals surface area contributed by atoms with Crippen LogP contribution >= 0.6 is 0 Å². The van der Waals surface area contributed by atoms with Gasteiger partial charge in [-0.2, -0.15) is 4.98 Å². The maximum absolute atomic E-state index is 13.2. The van der Waals surface area contributed by atoms with Crippen molar-refractivity contribution in [2.45, 2.75) is 39.2 Å². The summed E-state index contributed by atoms with van der Waals surface area (Å²) in [6, 6.07) is 14.7. The van der Waals surface area contributed by atoms with E-state index in [0.29, 0.717) is 23.4 Å². The molecule has 1 aliphatic carbocycles. The van der Waals surface area contributed by atoms with Gasteiger partial charge >= 0.3 is 0 Å². The standard InChI is InChI=1S/C28H35N7O/c1-19-6-4-7-20(2)25(19)32-27(36)24-18-29-28(33-26(24)30-21-8-5-9-21)31-22-10-12-23(13-11-22)35-16-14-34(3)15-17-35/h4,6-7,10-13,18,21H,5,8-9,14-17H2,1-3H3,(H,32,36)(H2,29,30,31,33). The molecule has 188 valence electrons. The molecule has 8 heteroatoms. The van der Waals surface area contributed by atoms with E-state index in [1.54, 1.807) is 6.20 Å². The Morgan fingerprint density at radius 2 is 1.67 bits per heavy atom. The first-order valence-electron chi connectivity index (χ1n) is 12.8. The number of piperazine rings is 1. The van der Waals surface area contributed by atoms with Gasteiger partial charge < -0.3 is 25.8 Å². The summed E-state index contributed by atoms with van der Waals surface area (Å²) in [5.41, 5.74) is 5.46. The molecule has 1 aromatic heterocycles. The van der Waals surface area contributed by atoms with Crippen molar-refractivity contribution in [2.75, 3.05) is 54.1 Å². The number of likely N-dealkylation sites (N-methyl/N-ethyl adjacent to an activating group) is 1. The van der Waals surface area contributed by atoms with E-state index in [-0.39, 0.29) is 5.91 Å². The molecule has 1 saturated carbocycles. The average molecular weight is 486 g/mol. The van der Waals surface area contributed by atoms with Gasteiger partial charge in [-0.25, -0.2) is 4.98 Å². The van der Waals surface area contributed by atoms with E-state index in [0.717, 1.165) is 61.5 Å². The summed E-state index contributed by atoms with van der Waals surface area (Å²) >= 11 is 0. The third-order valence-corrected chi connectivity index (χ3v) is 7.19. The molecule has 1 saturated heterocycles. The van der Waals surface area contributed by atoms with Crippen LogP contribution in [0, 0.1) is 13.8 Å². The fourth-order valence-electron chi connectivity index (χ4n) is 4.61. The number of nitrogens with one attached hydrogen (secondary N) is 3. The molecular formula is C28H35N7O. The zero-order valence-electron chi connectivity index (χ0n) is 21.3. The summed E-state index contributed by atoms with van der Waals surface area (Å²) in [4.78, 5) is 27.2. The first kappa shape index (κ1) is 24.1. The van der Waals surface area contributed by atoms with E-state index in [4.69, 9.17) is 4.98 Å². The van der Waals surface area contributed by atoms with Crippen molar-refractivity contribution in [3.63, 3.8) is 0 Å². The highest BCUT2D eigenvalue weighted by Crippen LogP contribution is 2.27. The first-order valence-corrected chi connectivity index (χ1v) is 12.8. The van der Waals surface area contributed by atoms with Crippen LogP contribution in [0.5, 0.6) is 0 Å². The maximum Gasteiger partial charge on any atom is 0.261 e. The first-order chi connectivity index (χ1) is 17.5. The SMILES string of the molecule is Cc1cccc(C)c1NC(=O)c1cnc(Nc2ccc(N3CCN(C)CC3)cc2)nc1NC1CCC1. The lowest BCUT2D eigenvalue weighted by Crippen LogP contribution is -2.44. The molecule has 3 N–H and O–H groups in total. The Labute approximate surface area is 213 Å². The van der Waals surface area contributed by atoms with Gasteiger partial charge in [-0.05, 0) is 75.5 Å². The Balaban J connectivity index is 1.33. The number of carbonyl (C=O) groups is 1. The van der Waals surface area contributed by atoms with Crippen LogP contribution in [0.2, 0.25) is 0 Å². The van der Waals surface area contributed by atoms with Gasteiger partial charge in [0.15, 0.2) is 0 Å². The summed E-state index contributed by atoms with van der Waals surface area (Å²) in [5.74, 6) is 0.820. The molecule has 0 atom stereocenters. The van der Waals surface area contributed by atoms with Gasteiger partial charge in [0.25, 0.3) is 5.91 Å². The Hall–Kier alpha value is -3.65. The smallest absolute Gasteiger partial charge is 0.261 e. The van der Waals surface area contributed by atoms with E-state index in [1.807, 2.05) is 32.0 Å². The lowest BCUT2D eigenvalue weighted by Gasteiger charge is -2.34. The second-order valence-electron chi connectivity index (χ2n) is 9.91. The van der Waals surface area contributed by atoms with Gasteiger partial charge in [0.05, 0.1) is 0 Å². The molecule has 2 aliphatic rings. The van der Waals surface area contributed by atoms with Crippen LogP contribution in [0.1, 0.15) is 40.7 Å². The number of hydrogen-bond donors (Lipinski definition) is 3. The largest absolute Gasteiger partial charge is 0.369 e. The Kier molecular flexibility index (Phi) is 7.04.